The molecular weight excluding hydrogens is 617 g/mol. The van der Waals surface area contributed by atoms with Gasteiger partial charge in [-0.25, -0.2) is 0 Å². The molecule has 1 atom stereocenters. The average Bonchev–Trinajstić information content (AvgIpc) is 3.55. The molecule has 0 spiro atoms. The topological polar surface area (TPSA) is 8.17 Å². The van der Waals surface area contributed by atoms with E-state index in [2.05, 4.69) is 211 Å². The van der Waals surface area contributed by atoms with Crippen LogP contribution in [-0.2, 0) is 0 Å². The summed E-state index contributed by atoms with van der Waals surface area (Å²) in [4.78, 5) is 2.37. The molecule has 0 saturated heterocycles. The molecule has 0 N–H and O–H groups in total. The molecule has 8 aromatic rings. The summed E-state index contributed by atoms with van der Waals surface area (Å²) < 4.78 is 2.40. The highest BCUT2D eigenvalue weighted by molar-refractivity contribution is 6.10. The van der Waals surface area contributed by atoms with Gasteiger partial charge in [0.2, 0.25) is 0 Å². The van der Waals surface area contributed by atoms with Gasteiger partial charge >= 0.3 is 0 Å². The molecule has 0 saturated carbocycles. The molecular formula is C49H38N2. The van der Waals surface area contributed by atoms with Crippen molar-refractivity contribution in [1.29, 1.82) is 0 Å². The number of hydrogen-bond acceptors (Lipinski definition) is 1. The van der Waals surface area contributed by atoms with Gasteiger partial charge in [0.25, 0.3) is 0 Å². The van der Waals surface area contributed by atoms with E-state index >= 15 is 0 Å². The minimum Gasteiger partial charge on any atom is -0.348 e. The number of benzene rings is 7. The summed E-state index contributed by atoms with van der Waals surface area (Å²) in [5, 5.41) is 2.55. The van der Waals surface area contributed by atoms with E-state index in [0.29, 0.717) is 0 Å². The summed E-state index contributed by atoms with van der Waals surface area (Å²) in [6, 6.07) is 65.9. The summed E-state index contributed by atoms with van der Waals surface area (Å²) in [5.41, 5.74) is 15.0. The van der Waals surface area contributed by atoms with E-state index in [1.807, 2.05) is 0 Å². The molecule has 1 aliphatic carbocycles. The molecule has 0 bridgehead atoms. The zero-order chi connectivity index (χ0) is 34.1. The molecule has 0 amide bonds. The first-order valence-electron chi connectivity index (χ1n) is 17.8. The average molecular weight is 655 g/mol. The summed E-state index contributed by atoms with van der Waals surface area (Å²) in [6.07, 6.45) is 5.60. The van der Waals surface area contributed by atoms with Gasteiger partial charge in [0.1, 0.15) is 0 Å². The highest BCUT2D eigenvalue weighted by Crippen LogP contribution is 2.42. The van der Waals surface area contributed by atoms with E-state index in [4.69, 9.17) is 0 Å². The van der Waals surface area contributed by atoms with Crippen LogP contribution in [0.3, 0.4) is 0 Å². The van der Waals surface area contributed by atoms with Crippen molar-refractivity contribution in [3.05, 3.63) is 211 Å². The van der Waals surface area contributed by atoms with Crippen LogP contribution in [-0.4, -0.2) is 11.6 Å². The van der Waals surface area contributed by atoms with Crippen molar-refractivity contribution in [3.8, 4) is 27.9 Å². The summed E-state index contributed by atoms with van der Waals surface area (Å²) >= 11 is 0. The molecule has 244 valence electrons. The fourth-order valence-corrected chi connectivity index (χ4v) is 7.79. The molecule has 0 aliphatic heterocycles. The van der Waals surface area contributed by atoms with Gasteiger partial charge in [-0.2, -0.15) is 0 Å². The molecule has 2 heteroatoms. The Balaban J connectivity index is 1.11. The van der Waals surface area contributed by atoms with Crippen molar-refractivity contribution in [2.45, 2.75) is 12.3 Å². The van der Waals surface area contributed by atoms with Gasteiger partial charge in [0.15, 0.2) is 0 Å². The maximum Gasteiger partial charge on any atom is 0.0541 e. The standard InChI is InChI=1S/C49H38N2/c1-50(43-21-13-20-39(32-43)36-16-7-3-8-17-36)47-30-26-40(33-45(47)38-18-9-4-10-19-38)41-27-31-49-46(34-41)44-22-11-12-23-48(44)51(49)42-28-24-37(25-29-42)35-14-5-2-6-15-35/h2-32,34,45H,33H2,1H3. The van der Waals surface area contributed by atoms with Gasteiger partial charge in [-0.15, -0.1) is 0 Å². The second-order valence-electron chi connectivity index (χ2n) is 13.4. The van der Waals surface area contributed by atoms with Crippen LogP contribution < -0.4 is 4.90 Å². The Labute approximate surface area is 299 Å². The molecule has 1 aliphatic rings. The Hall–Kier alpha value is -6.38. The summed E-state index contributed by atoms with van der Waals surface area (Å²) in [5.74, 6) is 0.219. The van der Waals surface area contributed by atoms with Crippen molar-refractivity contribution in [2.24, 2.45) is 0 Å². The highest BCUT2D eigenvalue weighted by Gasteiger charge is 2.26. The predicted octanol–water partition coefficient (Wildman–Crippen LogP) is 12.7. The Kier molecular flexibility index (Phi) is 7.91. The second kappa shape index (κ2) is 13.2. The maximum atomic E-state index is 2.41. The third-order valence-electron chi connectivity index (χ3n) is 10.4. The normalized spacial score (nSPS) is 14.3. The Morgan fingerprint density at radius 3 is 1.80 bits per heavy atom. The van der Waals surface area contributed by atoms with Gasteiger partial charge in [-0.1, -0.05) is 146 Å². The molecule has 7 aromatic carbocycles. The molecule has 51 heavy (non-hydrogen) atoms. The van der Waals surface area contributed by atoms with Crippen molar-refractivity contribution >= 4 is 33.1 Å². The zero-order valence-corrected chi connectivity index (χ0v) is 28.7. The Morgan fingerprint density at radius 2 is 1.06 bits per heavy atom. The second-order valence-corrected chi connectivity index (χ2v) is 13.4. The first-order valence-corrected chi connectivity index (χ1v) is 17.8. The third kappa shape index (κ3) is 5.75. The summed E-state index contributed by atoms with van der Waals surface area (Å²) in [6.45, 7) is 0. The Bertz CT molecular complexity index is 2540. The minimum absolute atomic E-state index is 0.219. The third-order valence-corrected chi connectivity index (χ3v) is 10.4. The monoisotopic (exact) mass is 654 g/mol. The van der Waals surface area contributed by atoms with E-state index in [1.54, 1.807) is 0 Å². The van der Waals surface area contributed by atoms with Crippen LogP contribution in [0.5, 0.6) is 0 Å². The van der Waals surface area contributed by atoms with Crippen molar-refractivity contribution in [2.75, 3.05) is 11.9 Å². The van der Waals surface area contributed by atoms with Crippen LogP contribution in [0.25, 0.3) is 55.3 Å². The highest BCUT2D eigenvalue weighted by atomic mass is 15.1. The largest absolute Gasteiger partial charge is 0.348 e. The number of aromatic nitrogens is 1. The van der Waals surface area contributed by atoms with Crippen LogP contribution >= 0.6 is 0 Å². The van der Waals surface area contributed by atoms with Crippen LogP contribution in [0.1, 0.15) is 23.5 Å². The van der Waals surface area contributed by atoms with Crippen molar-refractivity contribution < 1.29 is 0 Å². The predicted molar refractivity (Wildman–Crippen MR) is 216 cm³/mol. The molecule has 1 aromatic heterocycles. The van der Waals surface area contributed by atoms with Gasteiger partial charge in [-0.05, 0) is 93.9 Å². The number of para-hydroxylation sites is 1. The quantitative estimate of drug-likeness (QED) is 0.166. The van der Waals surface area contributed by atoms with E-state index in [-0.39, 0.29) is 5.92 Å². The minimum atomic E-state index is 0.219. The van der Waals surface area contributed by atoms with Crippen molar-refractivity contribution in [3.63, 3.8) is 0 Å². The lowest BCUT2D eigenvalue weighted by molar-refractivity contribution is 0.773. The lowest BCUT2D eigenvalue weighted by atomic mass is 9.82. The number of hydrogen-bond donors (Lipinski definition) is 0. The fraction of sp³-hybridized carbons (Fsp3) is 0.0612. The number of likely N-dealkylation sites (N-methyl/N-ethyl adjacent to an activating group) is 1. The van der Waals surface area contributed by atoms with Crippen LogP contribution in [0.2, 0.25) is 0 Å². The van der Waals surface area contributed by atoms with Gasteiger partial charge < -0.3 is 9.47 Å². The van der Waals surface area contributed by atoms with E-state index in [1.165, 1.54) is 77.8 Å². The van der Waals surface area contributed by atoms with Crippen LogP contribution in [0.4, 0.5) is 5.69 Å². The van der Waals surface area contributed by atoms with Gasteiger partial charge in [0, 0.05) is 40.8 Å². The number of rotatable bonds is 7. The van der Waals surface area contributed by atoms with Gasteiger partial charge in [-0.3, -0.25) is 0 Å². The lowest BCUT2D eigenvalue weighted by Gasteiger charge is -2.33. The first kappa shape index (κ1) is 30.7. The molecule has 0 radical (unpaired) electrons. The van der Waals surface area contributed by atoms with E-state index < -0.39 is 0 Å². The Morgan fingerprint density at radius 1 is 0.471 bits per heavy atom. The molecule has 1 heterocycles. The maximum absolute atomic E-state index is 2.41. The number of nitrogens with zero attached hydrogens (tertiary/aromatic N) is 2. The molecule has 9 rings (SSSR count). The smallest absolute Gasteiger partial charge is 0.0541 e. The van der Waals surface area contributed by atoms with E-state index in [0.717, 1.165) is 6.42 Å². The van der Waals surface area contributed by atoms with Crippen LogP contribution in [0.15, 0.2) is 200 Å². The lowest BCUT2D eigenvalue weighted by Crippen LogP contribution is -2.24. The van der Waals surface area contributed by atoms with E-state index in [9.17, 15) is 0 Å². The molecule has 0 fully saturated rings. The molecule has 2 nitrogen and oxygen atoms in total. The number of fused-ring (bicyclic) bond motifs is 3. The number of anilines is 1. The van der Waals surface area contributed by atoms with Crippen molar-refractivity contribution in [1.82, 2.24) is 4.57 Å². The zero-order valence-electron chi connectivity index (χ0n) is 28.7. The van der Waals surface area contributed by atoms with Crippen LogP contribution in [0, 0.1) is 0 Å². The fourth-order valence-electron chi connectivity index (χ4n) is 7.79. The SMILES string of the molecule is CN(C1=CC=C(c2ccc3c(c2)c2ccccc2n3-c2ccc(-c3ccccc3)cc2)CC1c1ccccc1)c1cccc(-c2ccccc2)c1. The molecule has 1 unspecified atom stereocenters. The first-order chi connectivity index (χ1) is 25.2. The van der Waals surface area contributed by atoms with Gasteiger partial charge in [0.05, 0.1) is 11.0 Å². The summed E-state index contributed by atoms with van der Waals surface area (Å²) in [7, 11) is 2.21. The number of allylic oxidation sites excluding steroid dienone is 4.